The Bertz CT molecular complexity index is 504. The summed E-state index contributed by atoms with van der Waals surface area (Å²) in [5.74, 6) is -1.08. The lowest BCUT2D eigenvalue weighted by Gasteiger charge is -2.03. The first-order valence-corrected chi connectivity index (χ1v) is 5.18. The van der Waals surface area contributed by atoms with E-state index in [1.807, 2.05) is 0 Å². The molecule has 0 saturated heterocycles. The van der Waals surface area contributed by atoms with Gasteiger partial charge in [-0.05, 0) is 6.07 Å². The van der Waals surface area contributed by atoms with Gasteiger partial charge in [0, 0.05) is 11.9 Å². The van der Waals surface area contributed by atoms with Crippen LogP contribution in [-0.2, 0) is 4.79 Å². The number of hydrogen-bond acceptors (Lipinski definition) is 6. The van der Waals surface area contributed by atoms with Crippen molar-refractivity contribution in [2.75, 3.05) is 5.88 Å². The number of non-ortho nitro benzene ring substituents is 1. The van der Waals surface area contributed by atoms with Crippen molar-refractivity contribution < 1.29 is 19.4 Å². The molecule has 0 aliphatic heterocycles. The summed E-state index contributed by atoms with van der Waals surface area (Å²) in [4.78, 5) is 30.7. The molecule has 1 aromatic rings. The van der Waals surface area contributed by atoms with Gasteiger partial charge in [0.05, 0.1) is 22.3 Å². The van der Waals surface area contributed by atoms with Gasteiger partial charge in [-0.15, -0.1) is 11.6 Å². The van der Waals surface area contributed by atoms with Crippen LogP contribution in [-0.4, -0.2) is 21.7 Å². The molecule has 1 rings (SSSR count). The Balaban J connectivity index is 3.08. The third-order valence-electron chi connectivity index (χ3n) is 1.87. The summed E-state index contributed by atoms with van der Waals surface area (Å²) in [5.41, 5.74) is -1.11. The highest BCUT2D eigenvalue weighted by Gasteiger charge is 2.22. The average molecular weight is 275 g/mol. The molecule has 0 spiro atoms. The molecular weight excluding hydrogens is 268 g/mol. The Morgan fingerprint density at radius 1 is 1.28 bits per heavy atom. The van der Waals surface area contributed by atoms with Gasteiger partial charge in [0.25, 0.3) is 5.69 Å². The Labute approximate surface area is 105 Å². The highest BCUT2D eigenvalue weighted by molar-refractivity contribution is 6.18. The zero-order valence-corrected chi connectivity index (χ0v) is 9.62. The van der Waals surface area contributed by atoms with Gasteiger partial charge in [-0.3, -0.25) is 25.0 Å². The first kappa shape index (κ1) is 13.8. The summed E-state index contributed by atoms with van der Waals surface area (Å²) in [5, 5.41) is 21.2. The second-order valence-electron chi connectivity index (χ2n) is 3.08. The van der Waals surface area contributed by atoms with E-state index in [9.17, 15) is 25.0 Å². The number of hydrogen-bond donors (Lipinski definition) is 0. The van der Waals surface area contributed by atoms with Gasteiger partial charge in [0.15, 0.2) is 0 Å². The smallest absolute Gasteiger partial charge is 0.318 e. The van der Waals surface area contributed by atoms with Crippen molar-refractivity contribution in [3.05, 3.63) is 38.4 Å². The molecule has 0 aromatic heterocycles. The number of halogens is 1. The zero-order valence-electron chi connectivity index (χ0n) is 8.87. The number of nitrogens with zero attached hydrogens (tertiary/aromatic N) is 2. The van der Waals surface area contributed by atoms with Gasteiger partial charge in [-0.1, -0.05) is 0 Å². The van der Waals surface area contributed by atoms with Gasteiger partial charge in [-0.2, -0.15) is 0 Å². The van der Waals surface area contributed by atoms with E-state index in [0.717, 1.165) is 18.2 Å². The van der Waals surface area contributed by atoms with E-state index in [0.29, 0.717) is 0 Å². The number of alkyl halides is 1. The molecular formula is C9H7ClN2O6. The quantitative estimate of drug-likeness (QED) is 0.267. The fourth-order valence-corrected chi connectivity index (χ4v) is 1.25. The maximum absolute atomic E-state index is 11.1. The summed E-state index contributed by atoms with van der Waals surface area (Å²) in [6.07, 6.45) is -0.115. The van der Waals surface area contributed by atoms with Gasteiger partial charge in [0.2, 0.25) is 5.75 Å². The molecule has 96 valence electrons. The van der Waals surface area contributed by atoms with Gasteiger partial charge in [0.1, 0.15) is 0 Å². The van der Waals surface area contributed by atoms with E-state index in [-0.39, 0.29) is 18.1 Å². The fourth-order valence-electron chi connectivity index (χ4n) is 1.10. The first-order chi connectivity index (χ1) is 8.45. The van der Waals surface area contributed by atoms with E-state index in [2.05, 4.69) is 0 Å². The van der Waals surface area contributed by atoms with Crippen LogP contribution in [0, 0.1) is 20.2 Å². The molecule has 9 heteroatoms. The maximum Gasteiger partial charge on any atom is 0.318 e. The third kappa shape index (κ3) is 3.39. The highest BCUT2D eigenvalue weighted by Crippen LogP contribution is 2.31. The number of ether oxygens (including phenoxy) is 1. The molecule has 0 atom stereocenters. The number of rotatable bonds is 5. The molecule has 0 radical (unpaired) electrons. The van der Waals surface area contributed by atoms with Crippen molar-refractivity contribution in [2.45, 2.75) is 6.42 Å². The zero-order chi connectivity index (χ0) is 13.7. The molecule has 1 aromatic carbocycles. The van der Waals surface area contributed by atoms with E-state index in [4.69, 9.17) is 16.3 Å². The average Bonchev–Trinajstić information content (AvgIpc) is 2.29. The van der Waals surface area contributed by atoms with Crippen LogP contribution in [0.1, 0.15) is 6.42 Å². The van der Waals surface area contributed by atoms with Crippen molar-refractivity contribution in [1.29, 1.82) is 0 Å². The van der Waals surface area contributed by atoms with Crippen molar-refractivity contribution in [3.8, 4) is 5.75 Å². The number of nitro benzene ring substituents is 2. The molecule has 0 N–H and O–H groups in total. The predicted molar refractivity (Wildman–Crippen MR) is 60.7 cm³/mol. The Hall–Kier alpha value is -2.22. The van der Waals surface area contributed by atoms with Crippen molar-refractivity contribution in [3.63, 3.8) is 0 Å². The molecule has 0 aliphatic carbocycles. The highest BCUT2D eigenvalue weighted by atomic mass is 35.5. The molecule has 0 amide bonds. The summed E-state index contributed by atoms with van der Waals surface area (Å²) in [7, 11) is 0. The summed E-state index contributed by atoms with van der Waals surface area (Å²) >= 11 is 5.31. The molecule has 0 bridgehead atoms. The molecule has 18 heavy (non-hydrogen) atoms. The number of carbonyl (C=O) groups is 1. The van der Waals surface area contributed by atoms with Gasteiger partial charge in [-0.25, -0.2) is 0 Å². The Kier molecular flexibility index (Phi) is 4.55. The molecule has 0 saturated carbocycles. The molecule has 8 nitrogen and oxygen atoms in total. The SMILES string of the molecule is O=C(CCCl)Oc1ccc([N+](=O)[O-])cc1[N+](=O)[O-]. The minimum absolute atomic E-state index is 0.0135. The summed E-state index contributed by atoms with van der Waals surface area (Å²) in [6, 6.07) is 2.74. The lowest BCUT2D eigenvalue weighted by Crippen LogP contribution is -2.09. The molecule has 0 unspecified atom stereocenters. The van der Waals surface area contributed by atoms with Crippen LogP contribution >= 0.6 is 11.6 Å². The molecule has 0 heterocycles. The third-order valence-corrected chi connectivity index (χ3v) is 2.06. The number of carbonyl (C=O) groups excluding carboxylic acids is 1. The Morgan fingerprint density at radius 2 is 1.94 bits per heavy atom. The maximum atomic E-state index is 11.1. The second kappa shape index (κ2) is 5.92. The Morgan fingerprint density at radius 3 is 2.44 bits per heavy atom. The number of benzene rings is 1. The van der Waals surface area contributed by atoms with Crippen LogP contribution in [0.25, 0.3) is 0 Å². The minimum Gasteiger partial charge on any atom is -0.419 e. The standard InChI is InChI=1S/C9H7ClN2O6/c10-4-3-9(13)18-8-2-1-6(11(14)15)5-7(8)12(16)17/h1-2,5H,3-4H2. The molecule has 0 fully saturated rings. The van der Waals surface area contributed by atoms with E-state index in [1.54, 1.807) is 0 Å². The van der Waals surface area contributed by atoms with Crippen LogP contribution in [0.2, 0.25) is 0 Å². The van der Waals surface area contributed by atoms with Gasteiger partial charge >= 0.3 is 11.7 Å². The largest absolute Gasteiger partial charge is 0.419 e. The van der Waals surface area contributed by atoms with E-state index in [1.165, 1.54) is 0 Å². The number of nitro groups is 2. The van der Waals surface area contributed by atoms with Crippen LogP contribution < -0.4 is 4.74 Å². The van der Waals surface area contributed by atoms with E-state index < -0.39 is 27.2 Å². The fraction of sp³-hybridized carbons (Fsp3) is 0.222. The summed E-state index contributed by atoms with van der Waals surface area (Å²) < 4.78 is 4.69. The molecule has 0 aliphatic rings. The van der Waals surface area contributed by atoms with Crippen LogP contribution in [0.15, 0.2) is 18.2 Å². The summed E-state index contributed by atoms with van der Waals surface area (Å²) in [6.45, 7) is 0. The van der Waals surface area contributed by atoms with Crippen molar-refractivity contribution >= 4 is 28.9 Å². The lowest BCUT2D eigenvalue weighted by atomic mass is 10.2. The van der Waals surface area contributed by atoms with Crippen LogP contribution in [0.3, 0.4) is 0 Å². The van der Waals surface area contributed by atoms with Crippen LogP contribution in [0.5, 0.6) is 5.75 Å². The monoisotopic (exact) mass is 274 g/mol. The predicted octanol–water partition coefficient (Wildman–Crippen LogP) is 2.04. The van der Waals surface area contributed by atoms with Gasteiger partial charge < -0.3 is 4.74 Å². The van der Waals surface area contributed by atoms with E-state index >= 15 is 0 Å². The second-order valence-corrected chi connectivity index (χ2v) is 3.46. The normalized spacial score (nSPS) is 9.83. The minimum atomic E-state index is -0.865. The topological polar surface area (TPSA) is 113 Å². The first-order valence-electron chi connectivity index (χ1n) is 4.65. The number of esters is 1. The van der Waals surface area contributed by atoms with Crippen LogP contribution in [0.4, 0.5) is 11.4 Å². The van der Waals surface area contributed by atoms with Crippen molar-refractivity contribution in [2.24, 2.45) is 0 Å². The van der Waals surface area contributed by atoms with Crippen molar-refractivity contribution in [1.82, 2.24) is 0 Å². The lowest BCUT2D eigenvalue weighted by molar-refractivity contribution is -0.394.